The van der Waals surface area contributed by atoms with Crippen LogP contribution in [0.5, 0.6) is 0 Å². The molecule has 0 amide bonds. The first-order chi connectivity index (χ1) is 9.88. The number of fused-ring (bicyclic) bond motifs is 1. The van der Waals surface area contributed by atoms with Gasteiger partial charge in [-0.3, -0.25) is 0 Å². The smallest absolute Gasteiger partial charge is 0.325 e. The number of hydrogen-bond acceptors (Lipinski definition) is 2. The van der Waals surface area contributed by atoms with Crippen LogP contribution in [0, 0.1) is 0 Å². The molecule has 0 saturated carbocycles. The highest BCUT2D eigenvalue weighted by molar-refractivity contribution is 6.30. The molecule has 1 aromatic heterocycles. The molecule has 1 unspecified atom stereocenters. The van der Waals surface area contributed by atoms with E-state index in [1.807, 2.05) is 4.57 Å². The van der Waals surface area contributed by atoms with Gasteiger partial charge in [0.1, 0.15) is 5.82 Å². The quantitative estimate of drug-likeness (QED) is 0.864. The summed E-state index contributed by atoms with van der Waals surface area (Å²) in [6.45, 7) is 0.661. The standard InChI is InChI=1S/C14H13ClF3N3/c15-12-11-10(19)5-2-6-21(11)13(20-12)8-3-1-4-9(7-8)14(16,17)18/h1,3-4,7,10H,2,5-6,19H2. The molecule has 2 aromatic rings. The molecule has 21 heavy (non-hydrogen) atoms. The number of nitrogens with zero attached hydrogens (tertiary/aromatic N) is 2. The van der Waals surface area contributed by atoms with Crippen molar-refractivity contribution >= 4 is 11.6 Å². The van der Waals surface area contributed by atoms with Crippen LogP contribution in [0.4, 0.5) is 13.2 Å². The van der Waals surface area contributed by atoms with Gasteiger partial charge in [0.05, 0.1) is 11.3 Å². The van der Waals surface area contributed by atoms with Crippen LogP contribution in [0.3, 0.4) is 0 Å². The summed E-state index contributed by atoms with van der Waals surface area (Å²) in [5.41, 5.74) is 6.41. The van der Waals surface area contributed by atoms with Gasteiger partial charge in [-0.2, -0.15) is 13.2 Å². The predicted octanol–water partition coefficient (Wildman–Crippen LogP) is 4.02. The van der Waals surface area contributed by atoms with Gasteiger partial charge in [-0.05, 0) is 25.0 Å². The number of alkyl halides is 3. The minimum atomic E-state index is -4.38. The summed E-state index contributed by atoms with van der Waals surface area (Å²) in [5.74, 6) is 0.441. The lowest BCUT2D eigenvalue weighted by Crippen LogP contribution is -2.22. The van der Waals surface area contributed by atoms with Gasteiger partial charge in [0.2, 0.25) is 0 Å². The summed E-state index contributed by atoms with van der Waals surface area (Å²) < 4.78 is 40.3. The minimum Gasteiger partial charge on any atom is -0.325 e. The van der Waals surface area contributed by atoms with Crippen LogP contribution in [0.25, 0.3) is 11.4 Å². The normalized spacial score (nSPS) is 18.6. The van der Waals surface area contributed by atoms with Gasteiger partial charge in [-0.25, -0.2) is 4.98 Å². The molecule has 0 fully saturated rings. The summed E-state index contributed by atoms with van der Waals surface area (Å²) in [7, 11) is 0. The Balaban J connectivity index is 2.12. The lowest BCUT2D eigenvalue weighted by atomic mass is 10.0. The van der Waals surface area contributed by atoms with E-state index in [1.54, 1.807) is 6.07 Å². The van der Waals surface area contributed by atoms with Crippen molar-refractivity contribution in [2.75, 3.05) is 0 Å². The molecule has 2 N–H and O–H groups in total. The Labute approximate surface area is 124 Å². The maximum Gasteiger partial charge on any atom is 0.416 e. The summed E-state index contributed by atoms with van der Waals surface area (Å²) in [6, 6.07) is 4.87. The first kappa shape index (κ1) is 14.4. The molecule has 3 rings (SSSR count). The van der Waals surface area contributed by atoms with Crippen molar-refractivity contribution in [2.45, 2.75) is 31.6 Å². The third kappa shape index (κ3) is 2.53. The lowest BCUT2D eigenvalue weighted by Gasteiger charge is -2.22. The van der Waals surface area contributed by atoms with Crippen LogP contribution in [0.1, 0.15) is 30.1 Å². The van der Waals surface area contributed by atoms with E-state index in [1.165, 1.54) is 6.07 Å². The Hall–Kier alpha value is -1.53. The average molecular weight is 316 g/mol. The zero-order valence-electron chi connectivity index (χ0n) is 11.0. The largest absolute Gasteiger partial charge is 0.416 e. The zero-order chi connectivity index (χ0) is 15.2. The fourth-order valence-corrected chi connectivity index (χ4v) is 3.00. The van der Waals surface area contributed by atoms with Gasteiger partial charge in [0.15, 0.2) is 5.15 Å². The van der Waals surface area contributed by atoms with E-state index in [0.29, 0.717) is 23.6 Å². The number of aromatic nitrogens is 2. The van der Waals surface area contributed by atoms with Crippen molar-refractivity contribution in [1.29, 1.82) is 0 Å². The van der Waals surface area contributed by atoms with Gasteiger partial charge >= 0.3 is 6.18 Å². The molecule has 0 radical (unpaired) electrons. The maximum atomic E-state index is 12.8. The second-order valence-electron chi connectivity index (χ2n) is 5.09. The Bertz CT molecular complexity index is 679. The monoisotopic (exact) mass is 315 g/mol. The Morgan fingerprint density at radius 2 is 2.10 bits per heavy atom. The molecule has 2 heterocycles. The summed E-state index contributed by atoms with van der Waals surface area (Å²) >= 11 is 6.10. The highest BCUT2D eigenvalue weighted by Gasteiger charge is 2.31. The fourth-order valence-electron chi connectivity index (χ4n) is 2.68. The Kier molecular flexibility index (Phi) is 3.45. The highest BCUT2D eigenvalue weighted by Crippen LogP contribution is 2.36. The number of benzene rings is 1. The third-order valence-corrected chi connectivity index (χ3v) is 3.94. The molecular weight excluding hydrogens is 303 g/mol. The second-order valence-corrected chi connectivity index (χ2v) is 5.45. The van der Waals surface area contributed by atoms with Crippen molar-refractivity contribution < 1.29 is 13.2 Å². The number of imidazole rings is 1. The molecule has 1 aliphatic rings. The van der Waals surface area contributed by atoms with E-state index in [9.17, 15) is 13.2 Å². The van der Waals surface area contributed by atoms with Gasteiger partial charge in [0.25, 0.3) is 0 Å². The van der Waals surface area contributed by atoms with Gasteiger partial charge in [-0.15, -0.1) is 0 Å². The molecule has 0 spiro atoms. The van der Waals surface area contributed by atoms with E-state index in [0.717, 1.165) is 25.0 Å². The van der Waals surface area contributed by atoms with Crippen molar-refractivity contribution in [3.05, 3.63) is 40.7 Å². The summed E-state index contributed by atoms with van der Waals surface area (Å²) in [6.07, 6.45) is -2.73. The van der Waals surface area contributed by atoms with Gasteiger partial charge in [0, 0.05) is 18.2 Å². The molecular formula is C14H13ClF3N3. The van der Waals surface area contributed by atoms with Crippen molar-refractivity contribution in [3.63, 3.8) is 0 Å². The second kappa shape index (κ2) is 5.03. The summed E-state index contributed by atoms with van der Waals surface area (Å²) in [5, 5.41) is 0.273. The van der Waals surface area contributed by atoms with Crippen molar-refractivity contribution in [2.24, 2.45) is 5.73 Å². The Morgan fingerprint density at radius 3 is 2.81 bits per heavy atom. The fraction of sp³-hybridized carbons (Fsp3) is 0.357. The van der Waals surface area contributed by atoms with Crippen LogP contribution >= 0.6 is 11.6 Å². The van der Waals surface area contributed by atoms with Crippen LogP contribution in [0.2, 0.25) is 5.15 Å². The molecule has 1 aliphatic heterocycles. The maximum absolute atomic E-state index is 12.8. The summed E-state index contributed by atoms with van der Waals surface area (Å²) in [4.78, 5) is 4.22. The number of rotatable bonds is 1. The average Bonchev–Trinajstić information content (AvgIpc) is 2.77. The minimum absolute atomic E-state index is 0.224. The first-order valence-corrected chi connectivity index (χ1v) is 6.95. The lowest BCUT2D eigenvalue weighted by molar-refractivity contribution is -0.137. The molecule has 7 heteroatoms. The molecule has 0 aliphatic carbocycles. The molecule has 3 nitrogen and oxygen atoms in total. The van der Waals surface area contributed by atoms with Gasteiger partial charge < -0.3 is 10.3 Å². The van der Waals surface area contributed by atoms with Crippen molar-refractivity contribution in [1.82, 2.24) is 9.55 Å². The highest BCUT2D eigenvalue weighted by atomic mass is 35.5. The predicted molar refractivity (Wildman–Crippen MR) is 73.8 cm³/mol. The van der Waals surface area contributed by atoms with Crippen LogP contribution in [-0.4, -0.2) is 9.55 Å². The van der Waals surface area contributed by atoms with E-state index in [-0.39, 0.29) is 11.2 Å². The van der Waals surface area contributed by atoms with Crippen LogP contribution < -0.4 is 5.73 Å². The SMILES string of the molecule is NC1CCCn2c(-c3cccc(C(F)(F)F)c3)nc(Cl)c21. The Morgan fingerprint density at radius 1 is 1.33 bits per heavy atom. The number of nitrogens with two attached hydrogens (primary N) is 1. The molecule has 0 saturated heterocycles. The molecule has 1 aromatic carbocycles. The van der Waals surface area contributed by atoms with Crippen LogP contribution in [0.15, 0.2) is 24.3 Å². The van der Waals surface area contributed by atoms with E-state index in [4.69, 9.17) is 17.3 Å². The van der Waals surface area contributed by atoms with Crippen LogP contribution in [-0.2, 0) is 12.7 Å². The van der Waals surface area contributed by atoms with E-state index in [2.05, 4.69) is 4.98 Å². The number of hydrogen-bond donors (Lipinski definition) is 1. The first-order valence-electron chi connectivity index (χ1n) is 6.57. The third-order valence-electron chi connectivity index (χ3n) is 3.66. The molecule has 112 valence electrons. The molecule has 0 bridgehead atoms. The zero-order valence-corrected chi connectivity index (χ0v) is 11.7. The molecule has 1 atom stereocenters. The topological polar surface area (TPSA) is 43.8 Å². The van der Waals surface area contributed by atoms with E-state index < -0.39 is 11.7 Å². The van der Waals surface area contributed by atoms with Crippen molar-refractivity contribution in [3.8, 4) is 11.4 Å². The van der Waals surface area contributed by atoms with Gasteiger partial charge in [-0.1, -0.05) is 23.7 Å². The number of halogens is 4. The van der Waals surface area contributed by atoms with E-state index >= 15 is 0 Å².